The molecule has 3 heterocycles. The number of H-pyrrole nitrogens is 1. The largest absolute Gasteiger partial charge is 0.368 e. The SMILES string of the molecule is NC(=O)C(CCP=O)N1C(=O)c2cccc3c(C(F)c4cn[nH]n4)cnc1c23. The number of carbonyl (C=O) groups is 2. The van der Waals surface area contributed by atoms with Gasteiger partial charge in [0.1, 0.15) is 17.6 Å². The first kappa shape index (κ1) is 18.1. The average molecular weight is 400 g/mol. The van der Waals surface area contributed by atoms with Gasteiger partial charge in [0.05, 0.1) is 11.8 Å². The van der Waals surface area contributed by atoms with Crippen LogP contribution in [0.5, 0.6) is 0 Å². The minimum absolute atomic E-state index is 0.0909. The summed E-state index contributed by atoms with van der Waals surface area (Å²) in [5.41, 5.74) is 6.11. The lowest BCUT2D eigenvalue weighted by Gasteiger charge is -2.24. The molecule has 2 atom stereocenters. The number of aromatic amines is 1. The van der Waals surface area contributed by atoms with Crippen LogP contribution >= 0.6 is 8.46 Å². The number of hydrogen-bond acceptors (Lipinski definition) is 6. The summed E-state index contributed by atoms with van der Waals surface area (Å²) in [4.78, 5) is 30.4. The Bertz CT molecular complexity index is 1090. The molecule has 28 heavy (non-hydrogen) atoms. The number of primary amides is 1. The van der Waals surface area contributed by atoms with E-state index in [0.29, 0.717) is 16.3 Å². The highest BCUT2D eigenvalue weighted by Gasteiger charge is 2.39. The highest BCUT2D eigenvalue weighted by atomic mass is 31.1. The fourth-order valence-electron chi connectivity index (χ4n) is 3.44. The zero-order valence-electron chi connectivity index (χ0n) is 14.4. The van der Waals surface area contributed by atoms with Gasteiger partial charge in [0.2, 0.25) is 5.91 Å². The Morgan fingerprint density at radius 1 is 1.36 bits per heavy atom. The summed E-state index contributed by atoms with van der Waals surface area (Å²) in [6.45, 7) is 0. The van der Waals surface area contributed by atoms with Gasteiger partial charge in [0, 0.05) is 23.3 Å². The minimum atomic E-state index is -1.59. The van der Waals surface area contributed by atoms with Crippen molar-refractivity contribution in [2.75, 3.05) is 11.1 Å². The van der Waals surface area contributed by atoms with Gasteiger partial charge in [0.25, 0.3) is 5.91 Å². The lowest BCUT2D eigenvalue weighted by molar-refractivity contribution is -0.119. The van der Waals surface area contributed by atoms with Gasteiger partial charge in [-0.05, 0) is 17.9 Å². The first-order valence-corrected chi connectivity index (χ1v) is 9.37. The number of pyridine rings is 1. The summed E-state index contributed by atoms with van der Waals surface area (Å²) in [5.74, 6) is -0.943. The summed E-state index contributed by atoms with van der Waals surface area (Å²) in [7, 11) is -0.156. The van der Waals surface area contributed by atoms with Crippen molar-refractivity contribution in [2.24, 2.45) is 5.73 Å². The van der Waals surface area contributed by atoms with Gasteiger partial charge in [-0.25, -0.2) is 9.37 Å². The van der Waals surface area contributed by atoms with E-state index in [9.17, 15) is 18.5 Å². The number of nitrogens with zero attached hydrogens (tertiary/aromatic N) is 4. The number of anilines is 1. The molecular formula is C17H14FN6O3P. The summed E-state index contributed by atoms with van der Waals surface area (Å²) >= 11 is 0. The molecular weight excluding hydrogens is 386 g/mol. The van der Waals surface area contributed by atoms with Gasteiger partial charge in [-0.1, -0.05) is 12.1 Å². The van der Waals surface area contributed by atoms with Crippen LogP contribution in [0.15, 0.2) is 30.6 Å². The Balaban J connectivity index is 1.87. The number of hydrogen-bond donors (Lipinski definition) is 2. The molecule has 4 rings (SSSR count). The molecule has 0 bridgehead atoms. The Morgan fingerprint density at radius 2 is 2.18 bits per heavy atom. The van der Waals surface area contributed by atoms with E-state index in [1.165, 1.54) is 17.3 Å². The van der Waals surface area contributed by atoms with E-state index in [1.807, 2.05) is 0 Å². The zero-order valence-corrected chi connectivity index (χ0v) is 15.3. The summed E-state index contributed by atoms with van der Waals surface area (Å²) in [6, 6.07) is 3.90. The molecule has 1 aliphatic rings. The number of halogens is 1. The first-order chi connectivity index (χ1) is 13.5. The molecule has 0 radical (unpaired) electrons. The van der Waals surface area contributed by atoms with Crippen LogP contribution in [0.3, 0.4) is 0 Å². The smallest absolute Gasteiger partial charge is 0.260 e. The van der Waals surface area contributed by atoms with Crippen molar-refractivity contribution in [3.05, 3.63) is 47.4 Å². The molecule has 0 aliphatic carbocycles. The van der Waals surface area contributed by atoms with E-state index in [4.69, 9.17) is 5.73 Å². The Labute approximate surface area is 159 Å². The number of rotatable bonds is 7. The van der Waals surface area contributed by atoms with Gasteiger partial charge >= 0.3 is 0 Å². The van der Waals surface area contributed by atoms with E-state index in [2.05, 4.69) is 20.4 Å². The maximum absolute atomic E-state index is 15.0. The molecule has 2 amide bonds. The zero-order chi connectivity index (χ0) is 19.8. The number of nitrogens with one attached hydrogen (secondary N) is 1. The van der Waals surface area contributed by atoms with Crippen LogP contribution in [-0.4, -0.2) is 44.4 Å². The number of alkyl halides is 1. The van der Waals surface area contributed by atoms with E-state index < -0.39 is 24.0 Å². The van der Waals surface area contributed by atoms with E-state index in [1.54, 1.807) is 18.2 Å². The molecule has 3 aromatic rings. The number of carbonyl (C=O) groups excluding carboxylic acids is 2. The third-order valence-corrected chi connectivity index (χ3v) is 5.14. The van der Waals surface area contributed by atoms with E-state index in [-0.39, 0.29) is 38.1 Å². The van der Waals surface area contributed by atoms with Crippen LogP contribution in [0, 0.1) is 0 Å². The van der Waals surface area contributed by atoms with Crippen molar-refractivity contribution < 1.29 is 18.5 Å². The molecule has 0 spiro atoms. The normalized spacial score (nSPS) is 15.3. The molecule has 11 heteroatoms. The predicted molar refractivity (Wildman–Crippen MR) is 98.0 cm³/mol. The highest BCUT2D eigenvalue weighted by molar-refractivity contribution is 7.23. The third-order valence-electron chi connectivity index (χ3n) is 4.70. The lowest BCUT2D eigenvalue weighted by Crippen LogP contribution is -2.47. The van der Waals surface area contributed by atoms with Crippen LogP contribution < -0.4 is 10.6 Å². The molecule has 0 fully saturated rings. The number of amides is 2. The number of aromatic nitrogens is 4. The van der Waals surface area contributed by atoms with Crippen LogP contribution in [0.2, 0.25) is 0 Å². The van der Waals surface area contributed by atoms with Crippen LogP contribution in [0.4, 0.5) is 10.2 Å². The third kappa shape index (κ3) is 2.73. The summed E-state index contributed by atoms with van der Waals surface area (Å²) in [6.07, 6.45) is 1.28. The maximum atomic E-state index is 15.0. The Morgan fingerprint density at radius 3 is 2.86 bits per heavy atom. The molecule has 9 nitrogen and oxygen atoms in total. The number of nitrogens with two attached hydrogens (primary N) is 1. The summed E-state index contributed by atoms with van der Waals surface area (Å²) in [5, 5.41) is 10.7. The van der Waals surface area contributed by atoms with Crippen molar-refractivity contribution in [3.63, 3.8) is 0 Å². The molecule has 0 saturated heterocycles. The fourth-order valence-corrected chi connectivity index (χ4v) is 3.79. The highest BCUT2D eigenvalue weighted by Crippen LogP contribution is 2.41. The van der Waals surface area contributed by atoms with E-state index in [0.717, 1.165) is 0 Å². The van der Waals surface area contributed by atoms with Crippen LogP contribution in [-0.2, 0) is 9.36 Å². The second kappa shape index (κ2) is 7.05. The molecule has 3 N–H and O–H groups in total. The fraction of sp³-hybridized carbons (Fsp3) is 0.235. The molecule has 2 unspecified atom stereocenters. The second-order valence-corrected chi connectivity index (χ2v) is 6.96. The van der Waals surface area contributed by atoms with Gasteiger partial charge in [-0.2, -0.15) is 15.4 Å². The monoisotopic (exact) mass is 400 g/mol. The van der Waals surface area contributed by atoms with Crippen molar-refractivity contribution in [1.82, 2.24) is 20.4 Å². The first-order valence-electron chi connectivity index (χ1n) is 8.38. The van der Waals surface area contributed by atoms with Gasteiger partial charge < -0.3 is 5.73 Å². The quantitative estimate of drug-likeness (QED) is 0.582. The molecule has 2 aromatic heterocycles. The maximum Gasteiger partial charge on any atom is 0.260 e. The van der Waals surface area contributed by atoms with Crippen LogP contribution in [0.1, 0.15) is 34.2 Å². The topological polar surface area (TPSA) is 135 Å². The van der Waals surface area contributed by atoms with Crippen molar-refractivity contribution in [2.45, 2.75) is 18.6 Å². The molecule has 0 saturated carbocycles. The Hall–Kier alpha value is -3.26. The van der Waals surface area contributed by atoms with Gasteiger partial charge in [-0.15, -0.1) is 0 Å². The second-order valence-electron chi connectivity index (χ2n) is 6.26. The number of benzene rings is 1. The summed E-state index contributed by atoms with van der Waals surface area (Å²) < 4.78 is 25.8. The Kier molecular flexibility index (Phi) is 4.56. The molecule has 142 valence electrons. The van der Waals surface area contributed by atoms with Crippen molar-refractivity contribution in [1.29, 1.82) is 0 Å². The van der Waals surface area contributed by atoms with Gasteiger partial charge in [0.15, 0.2) is 14.6 Å². The van der Waals surface area contributed by atoms with Crippen molar-refractivity contribution in [3.8, 4) is 0 Å². The van der Waals surface area contributed by atoms with E-state index >= 15 is 0 Å². The average Bonchev–Trinajstić information content (AvgIpc) is 3.32. The minimum Gasteiger partial charge on any atom is -0.368 e. The predicted octanol–water partition coefficient (Wildman–Crippen LogP) is 1.91. The van der Waals surface area contributed by atoms with Crippen molar-refractivity contribution >= 4 is 36.9 Å². The van der Waals surface area contributed by atoms with Crippen LogP contribution in [0.25, 0.3) is 10.8 Å². The standard InChI is InChI=1S/C17H14FN6O3P/c18-14(11-7-21-23-22-11)10-6-20-16-13-8(10)2-1-3-9(13)17(26)24(16)12(15(19)25)4-5-28-27/h1-3,6-7,12,14H,4-5H2,(H2,19,25)(H,21,22,23). The van der Waals surface area contributed by atoms with Gasteiger partial charge in [-0.3, -0.25) is 19.1 Å². The molecule has 1 aromatic carbocycles. The lowest BCUT2D eigenvalue weighted by atomic mass is 10.00. The molecule has 1 aliphatic heterocycles.